The van der Waals surface area contributed by atoms with Crippen LogP contribution >= 0.6 is 0 Å². The molecule has 1 aliphatic rings. The van der Waals surface area contributed by atoms with Crippen LogP contribution in [0.3, 0.4) is 0 Å². The lowest BCUT2D eigenvalue weighted by Crippen LogP contribution is -2.40. The minimum absolute atomic E-state index is 0.0946. The highest BCUT2D eigenvalue weighted by atomic mass is 16.6. The molecule has 27 heavy (non-hydrogen) atoms. The van der Waals surface area contributed by atoms with E-state index in [4.69, 9.17) is 9.47 Å². The smallest absolute Gasteiger partial charge is 0.332 e. The molecule has 0 radical (unpaired) electrons. The Morgan fingerprint density at radius 1 is 1.11 bits per heavy atom. The number of hydrogen-bond acceptors (Lipinski definition) is 6. The molecule has 0 aliphatic carbocycles. The Balaban J connectivity index is 2.08. The number of benzene rings is 1. The first-order valence-electron chi connectivity index (χ1n) is 8.71. The van der Waals surface area contributed by atoms with Gasteiger partial charge in [0.05, 0.1) is 6.04 Å². The van der Waals surface area contributed by atoms with E-state index in [9.17, 15) is 14.9 Å². The van der Waals surface area contributed by atoms with Gasteiger partial charge in [-0.25, -0.2) is 4.79 Å². The number of hydrogen-bond donors (Lipinski definition) is 1. The van der Waals surface area contributed by atoms with Gasteiger partial charge in [-0.2, -0.15) is 5.26 Å². The van der Waals surface area contributed by atoms with Crippen molar-refractivity contribution >= 4 is 5.82 Å². The van der Waals surface area contributed by atoms with Gasteiger partial charge in [-0.3, -0.25) is 13.9 Å². The summed E-state index contributed by atoms with van der Waals surface area (Å²) in [5, 5.41) is 12.7. The summed E-state index contributed by atoms with van der Waals surface area (Å²) < 4.78 is 13.4. The first kappa shape index (κ1) is 18.6. The maximum atomic E-state index is 12.3. The van der Waals surface area contributed by atoms with Gasteiger partial charge in [-0.15, -0.1) is 0 Å². The lowest BCUT2D eigenvalue weighted by molar-refractivity contribution is 0.171. The zero-order valence-electron chi connectivity index (χ0n) is 15.8. The summed E-state index contributed by atoms with van der Waals surface area (Å²) in [5.74, 6) is 1.66. The molecule has 0 saturated heterocycles. The van der Waals surface area contributed by atoms with Crippen LogP contribution in [0.4, 0.5) is 5.82 Å². The van der Waals surface area contributed by atoms with Crippen molar-refractivity contribution in [3.05, 3.63) is 50.2 Å². The molecule has 2 aromatic rings. The largest absolute Gasteiger partial charge is 0.486 e. The molecule has 3 rings (SSSR count). The summed E-state index contributed by atoms with van der Waals surface area (Å²) in [6.07, 6.45) is 0. The minimum Gasteiger partial charge on any atom is -0.486 e. The van der Waals surface area contributed by atoms with Crippen molar-refractivity contribution in [3.8, 4) is 17.6 Å². The highest BCUT2D eigenvalue weighted by Crippen LogP contribution is 2.35. The average Bonchev–Trinajstić information content (AvgIpc) is 2.67. The molecule has 8 nitrogen and oxygen atoms in total. The number of aromatic nitrogens is 2. The number of nitrogens with one attached hydrogen (secondary N) is 1. The van der Waals surface area contributed by atoms with Crippen LogP contribution in [-0.4, -0.2) is 22.3 Å². The van der Waals surface area contributed by atoms with Gasteiger partial charge < -0.3 is 14.8 Å². The van der Waals surface area contributed by atoms with E-state index in [0.717, 1.165) is 10.1 Å². The Morgan fingerprint density at radius 2 is 1.78 bits per heavy atom. The number of fused-ring (bicyclic) bond motifs is 1. The molecule has 142 valence electrons. The molecule has 0 fully saturated rings. The van der Waals surface area contributed by atoms with Gasteiger partial charge in [0, 0.05) is 14.1 Å². The van der Waals surface area contributed by atoms with Crippen LogP contribution in [0.1, 0.15) is 31.0 Å². The van der Waals surface area contributed by atoms with E-state index in [1.807, 2.05) is 38.1 Å². The van der Waals surface area contributed by atoms with Crippen LogP contribution in [-0.2, 0) is 14.1 Å². The monoisotopic (exact) mass is 370 g/mol. The lowest BCUT2D eigenvalue weighted by atomic mass is 9.95. The van der Waals surface area contributed by atoms with Crippen LogP contribution in [0.15, 0.2) is 27.8 Å². The fourth-order valence-electron chi connectivity index (χ4n) is 3.15. The minimum atomic E-state index is -0.618. The molecule has 8 heteroatoms. The molecule has 1 aromatic heterocycles. The Labute approximate surface area is 156 Å². The van der Waals surface area contributed by atoms with Crippen molar-refractivity contribution in [2.75, 3.05) is 18.5 Å². The van der Waals surface area contributed by atoms with Crippen LogP contribution in [0.2, 0.25) is 0 Å². The van der Waals surface area contributed by atoms with Gasteiger partial charge in [-0.05, 0) is 23.6 Å². The third-order valence-corrected chi connectivity index (χ3v) is 4.66. The Morgan fingerprint density at radius 3 is 2.41 bits per heavy atom. The molecule has 2 heterocycles. The quantitative estimate of drug-likeness (QED) is 0.877. The zero-order valence-corrected chi connectivity index (χ0v) is 15.8. The topological polar surface area (TPSA) is 98.3 Å². The predicted octanol–water partition coefficient (Wildman–Crippen LogP) is 1.54. The van der Waals surface area contributed by atoms with E-state index < -0.39 is 11.2 Å². The van der Waals surface area contributed by atoms with Crippen molar-refractivity contribution in [2.24, 2.45) is 20.0 Å². The van der Waals surface area contributed by atoms with E-state index in [2.05, 4.69) is 5.32 Å². The lowest BCUT2D eigenvalue weighted by Gasteiger charge is -2.27. The van der Waals surface area contributed by atoms with E-state index >= 15 is 0 Å². The van der Waals surface area contributed by atoms with E-state index in [-0.39, 0.29) is 23.3 Å². The van der Waals surface area contributed by atoms with Gasteiger partial charge in [0.2, 0.25) is 0 Å². The number of nitrogens with zero attached hydrogens (tertiary/aromatic N) is 3. The van der Waals surface area contributed by atoms with Gasteiger partial charge in [0.1, 0.15) is 25.1 Å². The van der Waals surface area contributed by atoms with E-state index in [1.165, 1.54) is 18.7 Å². The van der Waals surface area contributed by atoms with Gasteiger partial charge in [0.25, 0.3) is 5.56 Å². The highest BCUT2D eigenvalue weighted by molar-refractivity contribution is 5.54. The summed E-state index contributed by atoms with van der Waals surface area (Å²) >= 11 is 0. The van der Waals surface area contributed by atoms with Crippen LogP contribution < -0.4 is 26.0 Å². The summed E-state index contributed by atoms with van der Waals surface area (Å²) in [6.45, 7) is 5.02. The van der Waals surface area contributed by atoms with Gasteiger partial charge >= 0.3 is 5.69 Å². The number of nitriles is 1. The third-order valence-electron chi connectivity index (χ3n) is 4.66. The molecule has 1 aromatic carbocycles. The summed E-state index contributed by atoms with van der Waals surface area (Å²) in [5.41, 5.74) is -0.298. The van der Waals surface area contributed by atoms with Crippen molar-refractivity contribution in [1.82, 2.24) is 9.13 Å². The fraction of sp³-hybridized carbons (Fsp3) is 0.421. The molecule has 1 aliphatic heterocycles. The normalized spacial score (nSPS) is 13.9. The molecule has 0 bridgehead atoms. The number of ether oxygens (including phenoxy) is 2. The SMILES string of the molecule is CC(C)C(Nc1c(C#N)c(=O)n(C)c(=O)n1C)c1ccc2c(c1)OCCO2. The summed E-state index contributed by atoms with van der Waals surface area (Å²) in [4.78, 5) is 24.6. The van der Waals surface area contributed by atoms with Crippen molar-refractivity contribution in [1.29, 1.82) is 5.26 Å². The van der Waals surface area contributed by atoms with Gasteiger partial charge in [0.15, 0.2) is 17.1 Å². The summed E-state index contributed by atoms with van der Waals surface area (Å²) in [6, 6.07) is 7.32. The highest BCUT2D eigenvalue weighted by Gasteiger charge is 2.23. The maximum Gasteiger partial charge on any atom is 0.332 e. The van der Waals surface area contributed by atoms with Crippen LogP contribution in [0.5, 0.6) is 11.5 Å². The standard InChI is InChI=1S/C19H22N4O4/c1-11(2)16(12-5-6-14-15(9-12)27-8-7-26-14)21-17-13(10-20)18(24)23(4)19(25)22(17)3/h5-6,9,11,16,21H,7-8H2,1-4H3. The van der Waals surface area contributed by atoms with Crippen molar-refractivity contribution in [2.45, 2.75) is 19.9 Å². The molecule has 0 amide bonds. The number of rotatable bonds is 4. The maximum absolute atomic E-state index is 12.3. The van der Waals surface area contributed by atoms with Crippen LogP contribution in [0.25, 0.3) is 0 Å². The Hall–Kier alpha value is -3.21. The summed E-state index contributed by atoms with van der Waals surface area (Å²) in [7, 11) is 2.89. The van der Waals surface area contributed by atoms with E-state index in [1.54, 1.807) is 0 Å². The molecular formula is C19H22N4O4. The fourth-order valence-corrected chi connectivity index (χ4v) is 3.15. The second-order valence-electron chi connectivity index (χ2n) is 6.81. The molecule has 0 spiro atoms. The second kappa shape index (κ2) is 7.19. The van der Waals surface area contributed by atoms with Crippen molar-refractivity contribution in [3.63, 3.8) is 0 Å². The van der Waals surface area contributed by atoms with Crippen molar-refractivity contribution < 1.29 is 9.47 Å². The molecule has 1 unspecified atom stereocenters. The first-order valence-corrected chi connectivity index (χ1v) is 8.71. The molecule has 1 N–H and O–H groups in total. The van der Waals surface area contributed by atoms with E-state index in [0.29, 0.717) is 24.7 Å². The zero-order chi connectivity index (χ0) is 19.7. The molecule has 0 saturated carbocycles. The van der Waals surface area contributed by atoms with Gasteiger partial charge in [-0.1, -0.05) is 19.9 Å². The first-order chi connectivity index (χ1) is 12.8. The predicted molar refractivity (Wildman–Crippen MR) is 100 cm³/mol. The Kier molecular flexibility index (Phi) is 4.95. The molecule has 1 atom stereocenters. The average molecular weight is 370 g/mol. The third kappa shape index (κ3) is 3.28. The van der Waals surface area contributed by atoms with Crippen LogP contribution in [0, 0.1) is 17.2 Å². The second-order valence-corrected chi connectivity index (χ2v) is 6.81. The Bertz CT molecular complexity index is 1030. The molecular weight excluding hydrogens is 348 g/mol. The number of anilines is 1.